The van der Waals surface area contributed by atoms with Crippen LogP contribution in [-0.2, 0) is 16.1 Å². The van der Waals surface area contributed by atoms with Crippen LogP contribution in [0.3, 0.4) is 0 Å². The molecule has 0 radical (unpaired) electrons. The number of likely N-dealkylation sites (tertiary alicyclic amines) is 1. The number of aliphatic hydroxyl groups is 1. The molecule has 1 amide bonds. The predicted octanol–water partition coefficient (Wildman–Crippen LogP) is 2.87. The van der Waals surface area contributed by atoms with E-state index in [-0.39, 0.29) is 17.9 Å². The zero-order valence-electron chi connectivity index (χ0n) is 17.0. The first-order chi connectivity index (χ1) is 15.6. The van der Waals surface area contributed by atoms with Gasteiger partial charge in [0.25, 0.3) is 11.7 Å². The maximum atomic E-state index is 13.1. The lowest BCUT2D eigenvalue weighted by atomic mass is 9.96. The molecule has 1 saturated heterocycles. The summed E-state index contributed by atoms with van der Waals surface area (Å²) < 4.78 is 11.1. The normalized spacial score (nSPS) is 19.2. The number of hydrogen-bond acceptors (Lipinski definition) is 7. The van der Waals surface area contributed by atoms with Gasteiger partial charge < -0.3 is 19.5 Å². The molecule has 0 bridgehead atoms. The number of pyridine rings is 2. The first kappa shape index (κ1) is 19.7. The zero-order valence-corrected chi connectivity index (χ0v) is 17.0. The van der Waals surface area contributed by atoms with Crippen molar-refractivity contribution >= 4 is 17.4 Å². The van der Waals surface area contributed by atoms with Crippen molar-refractivity contribution in [2.24, 2.45) is 0 Å². The number of carbonyl (C=O) groups is 2. The molecule has 3 aromatic rings. The summed E-state index contributed by atoms with van der Waals surface area (Å²) >= 11 is 0. The van der Waals surface area contributed by atoms with Crippen LogP contribution in [0.4, 0.5) is 0 Å². The molecule has 1 unspecified atom stereocenters. The van der Waals surface area contributed by atoms with Gasteiger partial charge in [-0.15, -0.1) is 0 Å². The number of fused-ring (bicyclic) bond motifs is 1. The maximum absolute atomic E-state index is 13.1. The SMILES string of the molecule is O=C1C(=O)N(Cc2ccncc2)C(c2cccnc2)C1=C(O)c1ccc2c(c1)OCCO2. The van der Waals surface area contributed by atoms with Crippen molar-refractivity contribution in [2.75, 3.05) is 13.2 Å². The highest BCUT2D eigenvalue weighted by atomic mass is 16.6. The van der Waals surface area contributed by atoms with E-state index in [0.717, 1.165) is 5.56 Å². The molecule has 0 aliphatic carbocycles. The van der Waals surface area contributed by atoms with Gasteiger partial charge >= 0.3 is 0 Å². The standard InChI is InChI=1S/C24H19N3O5/c28-22(16-3-4-18-19(12-16)32-11-10-31-18)20-21(17-2-1-7-26-13-17)27(24(30)23(20)29)14-15-5-8-25-9-6-15/h1-9,12-13,21,28H,10-11,14H2. The first-order valence-electron chi connectivity index (χ1n) is 10.1. The predicted molar refractivity (Wildman–Crippen MR) is 114 cm³/mol. The molecule has 1 N–H and O–H groups in total. The highest BCUT2D eigenvalue weighted by molar-refractivity contribution is 6.46. The molecule has 4 heterocycles. The molecule has 8 heteroatoms. The number of aromatic nitrogens is 2. The average Bonchev–Trinajstić information content (AvgIpc) is 3.09. The van der Waals surface area contributed by atoms with Crippen LogP contribution >= 0.6 is 0 Å². The lowest BCUT2D eigenvalue weighted by molar-refractivity contribution is -0.140. The van der Waals surface area contributed by atoms with Crippen LogP contribution in [0.2, 0.25) is 0 Å². The number of ether oxygens (including phenoxy) is 2. The summed E-state index contributed by atoms with van der Waals surface area (Å²) in [4.78, 5) is 35.7. The van der Waals surface area contributed by atoms with E-state index in [4.69, 9.17) is 9.47 Å². The van der Waals surface area contributed by atoms with E-state index in [1.807, 2.05) is 0 Å². The van der Waals surface area contributed by atoms with Crippen LogP contribution in [0.5, 0.6) is 11.5 Å². The summed E-state index contributed by atoms with van der Waals surface area (Å²) in [5, 5.41) is 11.2. The molecule has 1 atom stereocenters. The van der Waals surface area contributed by atoms with Crippen molar-refractivity contribution in [1.82, 2.24) is 14.9 Å². The second-order valence-corrected chi connectivity index (χ2v) is 7.43. The number of nitrogens with zero attached hydrogens (tertiary/aromatic N) is 3. The molecule has 32 heavy (non-hydrogen) atoms. The van der Waals surface area contributed by atoms with Crippen molar-refractivity contribution in [2.45, 2.75) is 12.6 Å². The summed E-state index contributed by atoms with van der Waals surface area (Å²) in [5.74, 6) is -0.666. The molecular formula is C24H19N3O5. The Balaban J connectivity index is 1.62. The van der Waals surface area contributed by atoms with Gasteiger partial charge in [0, 0.05) is 36.9 Å². The maximum Gasteiger partial charge on any atom is 0.295 e. The Hall–Kier alpha value is -4.20. The number of hydrogen-bond donors (Lipinski definition) is 1. The Kier molecular flexibility index (Phi) is 5.03. The molecule has 160 valence electrons. The summed E-state index contributed by atoms with van der Waals surface area (Å²) in [5.41, 5.74) is 1.81. The molecule has 8 nitrogen and oxygen atoms in total. The van der Waals surface area contributed by atoms with Gasteiger partial charge in [-0.1, -0.05) is 6.07 Å². The summed E-state index contributed by atoms with van der Waals surface area (Å²) in [6, 6.07) is 11.2. The summed E-state index contributed by atoms with van der Waals surface area (Å²) in [6.45, 7) is 1.02. The molecule has 5 rings (SSSR count). The van der Waals surface area contributed by atoms with Crippen LogP contribution in [-0.4, -0.2) is 44.9 Å². The van der Waals surface area contributed by atoms with Crippen molar-refractivity contribution in [1.29, 1.82) is 0 Å². The third kappa shape index (κ3) is 3.45. The monoisotopic (exact) mass is 429 g/mol. The quantitative estimate of drug-likeness (QED) is 0.387. The van der Waals surface area contributed by atoms with Crippen molar-refractivity contribution in [3.05, 3.63) is 89.5 Å². The fourth-order valence-corrected chi connectivity index (χ4v) is 3.96. The topological polar surface area (TPSA) is 102 Å². The molecule has 2 aliphatic heterocycles. The van der Waals surface area contributed by atoms with Crippen molar-refractivity contribution in [3.8, 4) is 11.5 Å². The van der Waals surface area contributed by atoms with Gasteiger partial charge in [-0.05, 0) is 47.5 Å². The molecule has 0 spiro atoms. The van der Waals surface area contributed by atoms with Crippen LogP contribution in [0, 0.1) is 0 Å². The minimum atomic E-state index is -0.787. The molecular weight excluding hydrogens is 410 g/mol. The van der Waals surface area contributed by atoms with Crippen molar-refractivity contribution < 1.29 is 24.2 Å². The van der Waals surface area contributed by atoms with Gasteiger partial charge in [-0.25, -0.2) is 0 Å². The van der Waals surface area contributed by atoms with Gasteiger partial charge in [-0.2, -0.15) is 0 Å². The minimum Gasteiger partial charge on any atom is -0.507 e. The Labute approximate surface area is 183 Å². The molecule has 1 fully saturated rings. The Morgan fingerprint density at radius 1 is 1.00 bits per heavy atom. The van der Waals surface area contributed by atoms with Crippen molar-refractivity contribution in [3.63, 3.8) is 0 Å². The first-order valence-corrected chi connectivity index (χ1v) is 10.1. The zero-order chi connectivity index (χ0) is 22.1. The third-order valence-electron chi connectivity index (χ3n) is 5.46. The van der Waals surface area contributed by atoms with Gasteiger partial charge in [0.1, 0.15) is 19.0 Å². The van der Waals surface area contributed by atoms with Gasteiger partial charge in [0.2, 0.25) is 0 Å². The van der Waals surface area contributed by atoms with Gasteiger partial charge in [-0.3, -0.25) is 19.6 Å². The number of carbonyl (C=O) groups excluding carboxylic acids is 2. The van der Waals surface area contributed by atoms with E-state index < -0.39 is 17.7 Å². The molecule has 1 aromatic carbocycles. The number of benzene rings is 1. The van der Waals surface area contributed by atoms with E-state index in [2.05, 4.69) is 9.97 Å². The third-order valence-corrected chi connectivity index (χ3v) is 5.46. The van der Waals surface area contributed by atoms with E-state index in [0.29, 0.717) is 35.8 Å². The lowest BCUT2D eigenvalue weighted by Crippen LogP contribution is -2.29. The fourth-order valence-electron chi connectivity index (χ4n) is 3.96. The molecule has 2 aromatic heterocycles. The fraction of sp³-hybridized carbons (Fsp3) is 0.167. The largest absolute Gasteiger partial charge is 0.507 e. The van der Waals surface area contributed by atoms with E-state index in [1.54, 1.807) is 67.3 Å². The van der Waals surface area contributed by atoms with Crippen LogP contribution in [0.15, 0.2) is 72.8 Å². The Bertz CT molecular complexity index is 1210. The second-order valence-electron chi connectivity index (χ2n) is 7.43. The summed E-state index contributed by atoms with van der Waals surface area (Å²) in [7, 11) is 0. The number of amides is 1. The van der Waals surface area contributed by atoms with Gasteiger partial charge in [0.15, 0.2) is 11.5 Å². The van der Waals surface area contributed by atoms with E-state index in [1.165, 1.54) is 4.90 Å². The summed E-state index contributed by atoms with van der Waals surface area (Å²) in [6.07, 6.45) is 6.45. The minimum absolute atomic E-state index is 0.00809. The Morgan fingerprint density at radius 2 is 1.78 bits per heavy atom. The van der Waals surface area contributed by atoms with E-state index in [9.17, 15) is 14.7 Å². The Morgan fingerprint density at radius 3 is 2.53 bits per heavy atom. The lowest BCUT2D eigenvalue weighted by Gasteiger charge is -2.25. The highest BCUT2D eigenvalue weighted by Crippen LogP contribution is 2.41. The van der Waals surface area contributed by atoms with Crippen LogP contribution in [0.1, 0.15) is 22.7 Å². The van der Waals surface area contributed by atoms with Gasteiger partial charge in [0.05, 0.1) is 11.6 Å². The number of aliphatic hydroxyl groups excluding tert-OH is 1. The number of Topliss-reactive ketones (excluding diaryl/α,β-unsaturated/α-hetero) is 1. The van der Waals surface area contributed by atoms with Crippen LogP contribution < -0.4 is 9.47 Å². The number of ketones is 1. The average molecular weight is 429 g/mol. The number of rotatable bonds is 4. The molecule has 2 aliphatic rings. The smallest absolute Gasteiger partial charge is 0.295 e. The molecule has 0 saturated carbocycles. The second kappa shape index (κ2) is 8.14. The highest BCUT2D eigenvalue weighted by Gasteiger charge is 2.46. The van der Waals surface area contributed by atoms with E-state index >= 15 is 0 Å². The van der Waals surface area contributed by atoms with Crippen LogP contribution in [0.25, 0.3) is 5.76 Å².